The highest BCUT2D eigenvalue weighted by Gasteiger charge is 2.33. The van der Waals surface area contributed by atoms with Crippen LogP contribution in [0, 0.1) is 6.92 Å². The van der Waals surface area contributed by atoms with Crippen molar-refractivity contribution >= 4 is 34.6 Å². The Morgan fingerprint density at radius 2 is 1.66 bits per heavy atom. The van der Waals surface area contributed by atoms with Gasteiger partial charge in [0.2, 0.25) is 0 Å². The van der Waals surface area contributed by atoms with E-state index in [0.29, 0.717) is 28.1 Å². The second-order valence-corrected chi connectivity index (χ2v) is 8.34. The molecule has 0 unspecified atom stereocenters. The first-order valence-electron chi connectivity index (χ1n) is 10.2. The zero-order valence-electron chi connectivity index (χ0n) is 18.2. The van der Waals surface area contributed by atoms with E-state index < -0.39 is 0 Å². The maximum absolute atomic E-state index is 13.3. The molecule has 1 fully saturated rings. The molecule has 3 aromatic carbocycles. The number of thioether (sulfide) groups is 1. The average molecular weight is 445 g/mol. The summed E-state index contributed by atoms with van der Waals surface area (Å²) in [6, 6.07) is 23.5. The molecule has 0 spiro atoms. The minimum atomic E-state index is -0.0699. The number of hydrogen-bond acceptors (Lipinski definition) is 5. The van der Waals surface area contributed by atoms with Crippen molar-refractivity contribution in [2.24, 2.45) is 4.99 Å². The molecule has 0 N–H and O–H groups in total. The van der Waals surface area contributed by atoms with Crippen LogP contribution in [0.4, 0.5) is 5.69 Å². The Morgan fingerprint density at radius 3 is 2.34 bits per heavy atom. The van der Waals surface area contributed by atoms with E-state index in [0.717, 1.165) is 16.8 Å². The third-order valence-electron chi connectivity index (χ3n) is 5.04. The number of carbonyl (C=O) groups is 1. The van der Waals surface area contributed by atoms with Crippen LogP contribution < -0.4 is 9.47 Å². The third kappa shape index (κ3) is 4.86. The molecule has 3 aromatic rings. The number of methoxy groups -OCH3 is 2. The van der Waals surface area contributed by atoms with Crippen molar-refractivity contribution in [2.45, 2.75) is 13.5 Å². The molecule has 5 nitrogen and oxygen atoms in total. The number of amides is 1. The predicted molar refractivity (Wildman–Crippen MR) is 130 cm³/mol. The molecule has 1 amide bonds. The first kappa shape index (κ1) is 21.7. The first-order valence-corrected chi connectivity index (χ1v) is 11.0. The van der Waals surface area contributed by atoms with Gasteiger partial charge in [-0.3, -0.25) is 9.69 Å². The van der Waals surface area contributed by atoms with Crippen molar-refractivity contribution in [1.29, 1.82) is 0 Å². The van der Waals surface area contributed by atoms with Crippen molar-refractivity contribution in [3.63, 3.8) is 0 Å². The van der Waals surface area contributed by atoms with Gasteiger partial charge in [-0.15, -0.1) is 0 Å². The lowest BCUT2D eigenvalue weighted by molar-refractivity contribution is -0.122. The van der Waals surface area contributed by atoms with E-state index in [4.69, 9.17) is 14.5 Å². The smallest absolute Gasteiger partial charge is 0.267 e. The van der Waals surface area contributed by atoms with Crippen molar-refractivity contribution in [1.82, 2.24) is 4.90 Å². The molecule has 0 atom stereocenters. The van der Waals surface area contributed by atoms with Gasteiger partial charge in [0.25, 0.3) is 5.91 Å². The number of carbonyl (C=O) groups excluding carboxylic acids is 1. The molecule has 6 heteroatoms. The van der Waals surface area contributed by atoms with Gasteiger partial charge in [-0.05, 0) is 60.2 Å². The van der Waals surface area contributed by atoms with Crippen LogP contribution in [-0.4, -0.2) is 30.2 Å². The quantitative estimate of drug-likeness (QED) is 0.450. The van der Waals surface area contributed by atoms with E-state index in [-0.39, 0.29) is 5.91 Å². The molecular weight excluding hydrogens is 420 g/mol. The summed E-state index contributed by atoms with van der Waals surface area (Å²) in [6.07, 6.45) is 1.87. The molecule has 0 aromatic heterocycles. The number of nitrogens with zero attached hydrogens (tertiary/aromatic N) is 2. The molecule has 1 aliphatic rings. The topological polar surface area (TPSA) is 51.1 Å². The maximum atomic E-state index is 13.3. The molecule has 0 saturated carbocycles. The summed E-state index contributed by atoms with van der Waals surface area (Å²) in [6.45, 7) is 2.50. The molecule has 1 heterocycles. The monoisotopic (exact) mass is 444 g/mol. The van der Waals surface area contributed by atoms with E-state index in [9.17, 15) is 4.79 Å². The Bertz CT molecular complexity index is 1170. The summed E-state index contributed by atoms with van der Waals surface area (Å²) in [7, 11) is 3.19. The van der Waals surface area contributed by atoms with Crippen LogP contribution in [0.25, 0.3) is 6.08 Å². The van der Waals surface area contributed by atoms with Gasteiger partial charge in [-0.1, -0.05) is 54.1 Å². The van der Waals surface area contributed by atoms with Gasteiger partial charge < -0.3 is 9.47 Å². The van der Waals surface area contributed by atoms with Crippen molar-refractivity contribution in [3.8, 4) is 11.5 Å². The summed E-state index contributed by atoms with van der Waals surface area (Å²) >= 11 is 1.38. The summed E-state index contributed by atoms with van der Waals surface area (Å²) in [4.78, 5) is 20.5. The number of aliphatic imine (C=N–C) groups is 1. The van der Waals surface area contributed by atoms with Gasteiger partial charge in [0, 0.05) is 0 Å². The minimum absolute atomic E-state index is 0.0699. The lowest BCUT2D eigenvalue weighted by Gasteiger charge is -2.15. The molecule has 4 rings (SSSR count). The Balaban J connectivity index is 1.69. The molecule has 0 bridgehead atoms. The number of amidine groups is 1. The highest BCUT2D eigenvalue weighted by Crippen LogP contribution is 2.36. The van der Waals surface area contributed by atoms with Crippen molar-refractivity contribution in [3.05, 3.63) is 94.4 Å². The number of benzene rings is 3. The van der Waals surface area contributed by atoms with Crippen LogP contribution in [-0.2, 0) is 11.3 Å². The fraction of sp³-hybridized carbons (Fsp3) is 0.154. The lowest BCUT2D eigenvalue weighted by Crippen LogP contribution is -2.28. The molecule has 0 aliphatic carbocycles. The second kappa shape index (κ2) is 9.75. The van der Waals surface area contributed by atoms with E-state index in [1.165, 1.54) is 17.3 Å². The lowest BCUT2D eigenvalue weighted by atomic mass is 10.1. The standard InChI is InChI=1S/C26H24N2O3S/c1-18-9-12-21(13-10-18)27-26-28(17-19-7-5-4-6-8-19)25(29)24(32-26)16-20-11-14-22(30-2)23(15-20)31-3/h4-16H,17H2,1-3H3/b24-16+,27-26?. The Kier molecular flexibility index (Phi) is 6.61. The Labute approximate surface area is 192 Å². The van der Waals surface area contributed by atoms with Gasteiger partial charge in [0.15, 0.2) is 16.7 Å². The van der Waals surface area contributed by atoms with Crippen LogP contribution in [0.2, 0.25) is 0 Å². The van der Waals surface area contributed by atoms with Gasteiger partial charge in [0.05, 0.1) is 31.4 Å². The maximum Gasteiger partial charge on any atom is 0.267 e. The second-order valence-electron chi connectivity index (χ2n) is 7.33. The minimum Gasteiger partial charge on any atom is -0.493 e. The van der Waals surface area contributed by atoms with Crippen LogP contribution in [0.1, 0.15) is 16.7 Å². The third-order valence-corrected chi connectivity index (χ3v) is 6.04. The van der Waals surface area contributed by atoms with E-state index >= 15 is 0 Å². The zero-order chi connectivity index (χ0) is 22.5. The first-order chi connectivity index (χ1) is 15.6. The fourth-order valence-corrected chi connectivity index (χ4v) is 4.32. The predicted octanol–water partition coefficient (Wildman–Crippen LogP) is 5.82. The average Bonchev–Trinajstić information content (AvgIpc) is 3.10. The van der Waals surface area contributed by atoms with Gasteiger partial charge in [-0.25, -0.2) is 4.99 Å². The summed E-state index contributed by atoms with van der Waals surface area (Å²) in [5, 5.41) is 0.662. The van der Waals surface area contributed by atoms with E-state index in [2.05, 4.69) is 0 Å². The Hall–Kier alpha value is -3.51. The van der Waals surface area contributed by atoms with Crippen LogP contribution in [0.5, 0.6) is 11.5 Å². The summed E-state index contributed by atoms with van der Waals surface area (Å²) in [5.41, 5.74) is 3.88. The number of rotatable bonds is 6. The highest BCUT2D eigenvalue weighted by atomic mass is 32.2. The van der Waals surface area contributed by atoms with Gasteiger partial charge in [0.1, 0.15) is 0 Å². The van der Waals surface area contributed by atoms with Crippen LogP contribution in [0.15, 0.2) is 82.7 Å². The van der Waals surface area contributed by atoms with E-state index in [1.54, 1.807) is 19.1 Å². The molecule has 162 valence electrons. The van der Waals surface area contributed by atoms with Crippen LogP contribution >= 0.6 is 11.8 Å². The van der Waals surface area contributed by atoms with Crippen molar-refractivity contribution < 1.29 is 14.3 Å². The largest absolute Gasteiger partial charge is 0.493 e. The van der Waals surface area contributed by atoms with Crippen LogP contribution in [0.3, 0.4) is 0 Å². The molecule has 32 heavy (non-hydrogen) atoms. The normalized spacial score (nSPS) is 16.1. The zero-order valence-corrected chi connectivity index (χ0v) is 19.1. The van der Waals surface area contributed by atoms with Gasteiger partial charge >= 0.3 is 0 Å². The highest BCUT2D eigenvalue weighted by molar-refractivity contribution is 8.18. The SMILES string of the molecule is COc1ccc(/C=C2/SC(=Nc3ccc(C)cc3)N(Cc3ccccc3)C2=O)cc1OC. The molecule has 1 aliphatic heterocycles. The number of aryl methyl sites for hydroxylation is 1. The molecule has 1 saturated heterocycles. The van der Waals surface area contributed by atoms with Gasteiger partial charge in [-0.2, -0.15) is 0 Å². The summed E-state index contributed by atoms with van der Waals surface area (Å²) in [5.74, 6) is 1.19. The van der Waals surface area contributed by atoms with Crippen molar-refractivity contribution in [2.75, 3.05) is 14.2 Å². The summed E-state index contributed by atoms with van der Waals surface area (Å²) < 4.78 is 10.7. The van der Waals surface area contributed by atoms with E-state index in [1.807, 2.05) is 85.8 Å². The number of ether oxygens (including phenoxy) is 2. The Morgan fingerprint density at radius 1 is 0.938 bits per heavy atom. The fourth-order valence-electron chi connectivity index (χ4n) is 3.32. The number of hydrogen-bond donors (Lipinski definition) is 0. The molecule has 0 radical (unpaired) electrons. The molecular formula is C26H24N2O3S.